The number of morpholine rings is 1. The van der Waals surface area contributed by atoms with Gasteiger partial charge in [0, 0.05) is 18.7 Å². The van der Waals surface area contributed by atoms with Crippen LogP contribution in [0.5, 0.6) is 0 Å². The maximum atomic E-state index is 14.7. The largest absolute Gasteiger partial charge is 0.376 e. The van der Waals surface area contributed by atoms with Crippen LogP contribution in [0, 0.1) is 10.1 Å². The van der Waals surface area contributed by atoms with Crippen molar-refractivity contribution < 1.29 is 14.1 Å². The number of rotatable bonds is 6. The number of nitrogens with zero attached hydrogens (tertiary/aromatic N) is 4. The monoisotopic (exact) mass is 375 g/mol. The number of aromatic nitrogens is 1. The third-order valence-electron chi connectivity index (χ3n) is 3.99. The van der Waals surface area contributed by atoms with Crippen LogP contribution in [0.2, 0.25) is 0 Å². The Bertz CT molecular complexity index is 790. The third-order valence-corrected chi connectivity index (χ3v) is 3.99. The van der Waals surface area contributed by atoms with Crippen LogP contribution < -0.4 is 10.3 Å². The molecule has 27 heavy (non-hydrogen) atoms. The molecule has 0 bridgehead atoms. The summed E-state index contributed by atoms with van der Waals surface area (Å²) < 4.78 is 19.8. The lowest BCUT2D eigenvalue weighted by Crippen LogP contribution is -2.51. The van der Waals surface area contributed by atoms with E-state index in [0.717, 1.165) is 0 Å². The number of para-hydroxylation sites is 1. The van der Waals surface area contributed by atoms with Gasteiger partial charge in [-0.05, 0) is 32.0 Å². The molecule has 1 unspecified atom stereocenters. The number of hydrogen-bond donors (Lipinski definition) is 1. The van der Waals surface area contributed by atoms with Gasteiger partial charge in [-0.2, -0.15) is 5.01 Å². The molecule has 1 atom stereocenters. The van der Waals surface area contributed by atoms with E-state index in [0.29, 0.717) is 18.1 Å². The summed E-state index contributed by atoms with van der Waals surface area (Å²) >= 11 is 0. The van der Waals surface area contributed by atoms with E-state index in [1.807, 2.05) is 19.9 Å². The number of benzene rings is 1. The van der Waals surface area contributed by atoms with Crippen LogP contribution in [0.25, 0.3) is 0 Å². The Morgan fingerprint density at radius 2 is 2.07 bits per heavy atom. The number of nitrogens with one attached hydrogen (secondary N) is 1. The average Bonchev–Trinajstić information content (AvgIpc) is 2.64. The number of hydrazine groups is 1. The zero-order chi connectivity index (χ0) is 19.4. The Balaban J connectivity index is 2.14. The molecule has 0 aliphatic carbocycles. The normalized spacial score (nSPS) is 17.7. The Morgan fingerprint density at radius 1 is 1.33 bits per heavy atom. The van der Waals surface area contributed by atoms with E-state index in [2.05, 4.69) is 10.3 Å². The predicted octanol–water partition coefficient (Wildman–Crippen LogP) is 3.49. The lowest BCUT2D eigenvalue weighted by molar-refractivity contribution is -0.384. The lowest BCUT2D eigenvalue weighted by atomic mass is 10.2. The minimum absolute atomic E-state index is 0.0569. The number of ether oxygens (including phenoxy) is 1. The van der Waals surface area contributed by atoms with E-state index in [1.165, 1.54) is 16.1 Å². The van der Waals surface area contributed by atoms with Crippen LogP contribution >= 0.6 is 0 Å². The molecule has 0 spiro atoms. The molecule has 1 saturated heterocycles. The Hall–Kier alpha value is -2.78. The highest BCUT2D eigenvalue weighted by Crippen LogP contribution is 2.36. The predicted molar refractivity (Wildman–Crippen MR) is 101 cm³/mol. The van der Waals surface area contributed by atoms with Crippen molar-refractivity contribution >= 4 is 23.0 Å². The van der Waals surface area contributed by atoms with Gasteiger partial charge in [-0.3, -0.25) is 10.1 Å². The van der Waals surface area contributed by atoms with E-state index in [9.17, 15) is 14.5 Å². The molecule has 0 saturated carbocycles. The summed E-state index contributed by atoms with van der Waals surface area (Å²) in [5.74, 6) is 0.539. The van der Waals surface area contributed by atoms with Crippen molar-refractivity contribution in [2.45, 2.75) is 26.2 Å². The highest BCUT2D eigenvalue weighted by Gasteiger charge is 2.34. The fourth-order valence-electron chi connectivity index (χ4n) is 2.87. The molecule has 1 fully saturated rings. The quantitative estimate of drug-likeness (QED) is 0.470. The number of hydrogen-bond acceptors (Lipinski definition) is 7. The van der Waals surface area contributed by atoms with Crippen LogP contribution in [0.15, 0.2) is 42.5 Å². The van der Waals surface area contributed by atoms with Crippen molar-refractivity contribution in [3.63, 3.8) is 0 Å². The van der Waals surface area contributed by atoms with Crippen LogP contribution in [0.4, 0.5) is 27.4 Å². The fraction of sp³-hybridized carbons (Fsp3) is 0.389. The molecule has 1 aliphatic heterocycles. The SMILES string of the molecule is CC(C)Nc1ccc([N+](=O)[O-])c(N(c2ccccc2)N2CCOCC2F)n1. The summed E-state index contributed by atoms with van der Waals surface area (Å²) in [6.07, 6.45) is -1.44. The van der Waals surface area contributed by atoms with E-state index >= 15 is 0 Å². The van der Waals surface area contributed by atoms with Crippen molar-refractivity contribution in [1.82, 2.24) is 9.99 Å². The van der Waals surface area contributed by atoms with Gasteiger partial charge in [-0.15, -0.1) is 0 Å². The number of nitro groups is 1. The van der Waals surface area contributed by atoms with Crippen molar-refractivity contribution in [2.24, 2.45) is 0 Å². The standard InChI is InChI=1S/C18H22FN5O3/c1-13(2)20-17-9-8-15(24(25)26)18(21-17)23(14-6-4-3-5-7-14)22-10-11-27-12-16(22)19/h3-9,13,16H,10-12H2,1-2H3,(H,20,21). The van der Waals surface area contributed by atoms with Gasteiger partial charge in [0.1, 0.15) is 5.82 Å². The molecule has 1 aliphatic rings. The molecule has 3 rings (SSSR count). The van der Waals surface area contributed by atoms with Crippen molar-refractivity contribution in [1.29, 1.82) is 0 Å². The summed E-state index contributed by atoms with van der Waals surface area (Å²) in [6.45, 7) is 4.34. The van der Waals surface area contributed by atoms with Gasteiger partial charge in [0.2, 0.25) is 5.82 Å². The summed E-state index contributed by atoms with van der Waals surface area (Å²) in [5.41, 5.74) is 0.381. The lowest BCUT2D eigenvalue weighted by Gasteiger charge is -2.39. The molecule has 8 nitrogen and oxygen atoms in total. The van der Waals surface area contributed by atoms with Gasteiger partial charge in [-0.25, -0.2) is 14.4 Å². The van der Waals surface area contributed by atoms with Gasteiger partial charge in [0.05, 0.1) is 23.8 Å². The maximum Gasteiger partial charge on any atom is 0.313 e. The van der Waals surface area contributed by atoms with Crippen molar-refractivity contribution in [3.05, 3.63) is 52.6 Å². The van der Waals surface area contributed by atoms with Crippen LogP contribution in [0.3, 0.4) is 0 Å². The molecule has 1 N–H and O–H groups in total. The first-order valence-electron chi connectivity index (χ1n) is 8.73. The summed E-state index contributed by atoms with van der Waals surface area (Å²) in [4.78, 5) is 15.6. The Labute approximate surface area is 156 Å². The second-order valence-corrected chi connectivity index (χ2v) is 6.42. The molecule has 1 aromatic carbocycles. The molecule has 2 heterocycles. The van der Waals surface area contributed by atoms with Gasteiger partial charge >= 0.3 is 5.69 Å². The summed E-state index contributed by atoms with van der Waals surface area (Å²) in [6, 6.07) is 12.0. The maximum absolute atomic E-state index is 14.7. The first-order chi connectivity index (χ1) is 13.0. The third kappa shape index (κ3) is 4.32. The summed E-state index contributed by atoms with van der Waals surface area (Å²) in [7, 11) is 0. The van der Waals surface area contributed by atoms with E-state index in [1.54, 1.807) is 30.3 Å². The van der Waals surface area contributed by atoms with Gasteiger partial charge < -0.3 is 10.1 Å². The molecular weight excluding hydrogens is 353 g/mol. The molecule has 0 radical (unpaired) electrons. The van der Waals surface area contributed by atoms with Crippen LogP contribution in [-0.2, 0) is 4.74 Å². The number of alkyl halides is 1. The zero-order valence-electron chi connectivity index (χ0n) is 15.2. The van der Waals surface area contributed by atoms with Crippen LogP contribution in [0.1, 0.15) is 13.8 Å². The van der Waals surface area contributed by atoms with Gasteiger partial charge in [0.15, 0.2) is 6.30 Å². The van der Waals surface area contributed by atoms with Gasteiger partial charge in [-0.1, -0.05) is 18.2 Å². The van der Waals surface area contributed by atoms with E-state index < -0.39 is 11.2 Å². The fourth-order valence-corrected chi connectivity index (χ4v) is 2.87. The zero-order valence-corrected chi connectivity index (χ0v) is 15.2. The molecule has 0 amide bonds. The molecule has 1 aromatic heterocycles. The first kappa shape index (κ1) is 19.0. The molecular formula is C18H22FN5O3. The second-order valence-electron chi connectivity index (χ2n) is 6.42. The summed E-state index contributed by atoms with van der Waals surface area (Å²) in [5, 5.41) is 17.7. The van der Waals surface area contributed by atoms with Crippen molar-refractivity contribution in [2.75, 3.05) is 30.1 Å². The minimum Gasteiger partial charge on any atom is -0.376 e. The van der Waals surface area contributed by atoms with E-state index in [4.69, 9.17) is 4.74 Å². The Kier molecular flexibility index (Phi) is 5.82. The first-order valence-corrected chi connectivity index (χ1v) is 8.73. The molecule has 9 heteroatoms. The molecule has 2 aromatic rings. The highest BCUT2D eigenvalue weighted by atomic mass is 19.1. The number of pyridine rings is 1. The number of anilines is 3. The Morgan fingerprint density at radius 3 is 2.70 bits per heavy atom. The smallest absolute Gasteiger partial charge is 0.313 e. The van der Waals surface area contributed by atoms with E-state index in [-0.39, 0.29) is 30.7 Å². The average molecular weight is 375 g/mol. The highest BCUT2D eigenvalue weighted by molar-refractivity contribution is 5.69. The second kappa shape index (κ2) is 8.28. The van der Waals surface area contributed by atoms with Gasteiger partial charge in [0.25, 0.3) is 0 Å². The molecule has 144 valence electrons. The van der Waals surface area contributed by atoms with Crippen LogP contribution in [-0.4, -0.2) is 47.0 Å². The van der Waals surface area contributed by atoms with Crippen molar-refractivity contribution in [3.8, 4) is 0 Å². The topological polar surface area (TPSA) is 83.8 Å². The minimum atomic E-state index is -1.44. The number of halogens is 1.